The molecule has 0 aliphatic carbocycles. The fourth-order valence-corrected chi connectivity index (χ4v) is 2.31. The predicted molar refractivity (Wildman–Crippen MR) is 55.2 cm³/mol. The lowest BCUT2D eigenvalue weighted by Crippen LogP contribution is -2.06. The summed E-state index contributed by atoms with van der Waals surface area (Å²) in [6.45, 7) is 0.336. The maximum atomic E-state index is 5.32. The van der Waals surface area contributed by atoms with Crippen molar-refractivity contribution in [3.63, 3.8) is 0 Å². The molecule has 4 heteroatoms. The molecule has 3 nitrogen and oxygen atoms in total. The van der Waals surface area contributed by atoms with E-state index in [0.717, 1.165) is 11.5 Å². The van der Waals surface area contributed by atoms with E-state index in [9.17, 15) is 0 Å². The van der Waals surface area contributed by atoms with Crippen LogP contribution in [0.25, 0.3) is 0 Å². The molecule has 0 fully saturated rings. The molecule has 0 saturated carbocycles. The molecule has 2 aliphatic rings. The van der Waals surface area contributed by atoms with E-state index in [1.165, 1.54) is 5.56 Å². The Morgan fingerprint density at radius 1 is 1.29 bits per heavy atom. The summed E-state index contributed by atoms with van der Waals surface area (Å²) < 4.78 is 10.6. The molecule has 2 aliphatic heterocycles. The molecule has 0 spiro atoms. The summed E-state index contributed by atoms with van der Waals surface area (Å²) in [7, 11) is 0. The Bertz CT molecular complexity index is 384. The van der Waals surface area contributed by atoms with E-state index in [1.54, 1.807) is 11.8 Å². The third-order valence-electron chi connectivity index (χ3n) is 2.23. The Morgan fingerprint density at radius 3 is 3.07 bits per heavy atom. The fourth-order valence-electron chi connectivity index (χ4n) is 1.53. The minimum atomic E-state index is 0.310. The highest BCUT2D eigenvalue weighted by Crippen LogP contribution is 2.38. The molecule has 1 aromatic carbocycles. The van der Waals surface area contributed by atoms with E-state index in [-0.39, 0.29) is 0 Å². The van der Waals surface area contributed by atoms with Gasteiger partial charge in [0.15, 0.2) is 11.5 Å². The summed E-state index contributed by atoms with van der Waals surface area (Å²) in [6.07, 6.45) is 1.96. The smallest absolute Gasteiger partial charge is 0.231 e. The van der Waals surface area contributed by atoms with Crippen LogP contribution in [0.15, 0.2) is 29.8 Å². The lowest BCUT2D eigenvalue weighted by atomic mass is 10.2. The Morgan fingerprint density at radius 2 is 2.21 bits per heavy atom. The quantitative estimate of drug-likeness (QED) is 0.765. The highest BCUT2D eigenvalue weighted by Gasteiger charge is 2.18. The molecular weight excluding hydrogens is 198 g/mol. The van der Waals surface area contributed by atoms with Gasteiger partial charge in [-0.05, 0) is 23.1 Å². The number of ether oxygens (including phenoxy) is 2. The number of nitrogens with one attached hydrogen (secondary N) is 1. The first-order valence-electron chi connectivity index (χ1n) is 4.39. The second kappa shape index (κ2) is 3.13. The van der Waals surface area contributed by atoms with Crippen LogP contribution in [0.1, 0.15) is 10.9 Å². The second-order valence-corrected chi connectivity index (χ2v) is 4.11. The van der Waals surface area contributed by atoms with Crippen LogP contribution in [0.4, 0.5) is 0 Å². The predicted octanol–water partition coefficient (Wildman–Crippen LogP) is 2.22. The monoisotopic (exact) mass is 207 g/mol. The van der Waals surface area contributed by atoms with E-state index in [1.807, 2.05) is 18.3 Å². The highest BCUT2D eigenvalue weighted by atomic mass is 32.2. The summed E-state index contributed by atoms with van der Waals surface area (Å²) in [5, 5.41) is 5.61. The number of thioether (sulfide) groups is 1. The van der Waals surface area contributed by atoms with Crippen LogP contribution in [0, 0.1) is 0 Å². The van der Waals surface area contributed by atoms with Crippen molar-refractivity contribution >= 4 is 11.8 Å². The Hall–Kier alpha value is -1.29. The minimum absolute atomic E-state index is 0.310. The van der Waals surface area contributed by atoms with Gasteiger partial charge in [0, 0.05) is 6.20 Å². The average molecular weight is 207 g/mol. The zero-order chi connectivity index (χ0) is 9.38. The van der Waals surface area contributed by atoms with E-state index < -0.39 is 0 Å². The highest BCUT2D eigenvalue weighted by molar-refractivity contribution is 8.02. The molecule has 0 radical (unpaired) electrons. The van der Waals surface area contributed by atoms with Crippen LogP contribution in [0.3, 0.4) is 0 Å². The van der Waals surface area contributed by atoms with Crippen molar-refractivity contribution in [2.24, 2.45) is 0 Å². The van der Waals surface area contributed by atoms with Crippen LogP contribution in [0.5, 0.6) is 11.5 Å². The Kier molecular flexibility index (Phi) is 1.80. The van der Waals surface area contributed by atoms with Gasteiger partial charge in [-0.15, -0.1) is 11.8 Å². The second-order valence-electron chi connectivity index (χ2n) is 3.10. The van der Waals surface area contributed by atoms with Gasteiger partial charge in [0.2, 0.25) is 6.79 Å². The normalized spacial score (nSPS) is 22.4. The molecule has 1 aromatic rings. The first-order chi connectivity index (χ1) is 6.93. The molecule has 0 bridgehead atoms. The number of rotatable bonds is 1. The number of fused-ring (bicyclic) bond motifs is 1. The molecule has 0 amide bonds. The van der Waals surface area contributed by atoms with E-state index in [0.29, 0.717) is 12.2 Å². The van der Waals surface area contributed by atoms with E-state index in [4.69, 9.17) is 9.47 Å². The van der Waals surface area contributed by atoms with E-state index >= 15 is 0 Å². The first-order valence-corrected chi connectivity index (χ1v) is 5.34. The summed E-state index contributed by atoms with van der Waals surface area (Å²) >= 11 is 1.75. The molecule has 14 heavy (non-hydrogen) atoms. The van der Waals surface area contributed by atoms with E-state index in [2.05, 4.69) is 16.8 Å². The number of hydrogen-bond donors (Lipinski definition) is 1. The maximum absolute atomic E-state index is 5.32. The molecule has 72 valence electrons. The van der Waals surface area contributed by atoms with Gasteiger partial charge in [0.25, 0.3) is 0 Å². The zero-order valence-electron chi connectivity index (χ0n) is 7.40. The molecule has 2 heterocycles. The van der Waals surface area contributed by atoms with Gasteiger partial charge >= 0.3 is 0 Å². The average Bonchev–Trinajstić information content (AvgIpc) is 2.88. The standard InChI is InChI=1S/C10H9NO2S/c1-2-8-9(13-6-12-8)5-7(1)10-11-3-4-14-10/h1-5,10-11H,6H2. The van der Waals surface area contributed by atoms with Gasteiger partial charge < -0.3 is 14.8 Å². The van der Waals surface area contributed by atoms with Crippen molar-refractivity contribution in [2.45, 2.75) is 5.37 Å². The summed E-state index contributed by atoms with van der Waals surface area (Å²) in [4.78, 5) is 0. The lowest BCUT2D eigenvalue weighted by Gasteiger charge is -2.10. The van der Waals surface area contributed by atoms with Crippen LogP contribution >= 0.6 is 11.8 Å². The molecule has 0 aromatic heterocycles. The first kappa shape index (κ1) is 8.05. The molecule has 1 atom stereocenters. The van der Waals surface area contributed by atoms with Crippen molar-refractivity contribution in [2.75, 3.05) is 6.79 Å². The van der Waals surface area contributed by atoms with Crippen LogP contribution in [-0.4, -0.2) is 6.79 Å². The molecule has 1 unspecified atom stereocenters. The lowest BCUT2D eigenvalue weighted by molar-refractivity contribution is 0.174. The molecule has 1 N–H and O–H groups in total. The maximum Gasteiger partial charge on any atom is 0.231 e. The Labute approximate surface area is 86.1 Å². The van der Waals surface area contributed by atoms with Gasteiger partial charge in [-0.3, -0.25) is 0 Å². The van der Waals surface area contributed by atoms with Crippen molar-refractivity contribution in [3.05, 3.63) is 35.4 Å². The van der Waals surface area contributed by atoms with Gasteiger partial charge in [0.05, 0.1) is 0 Å². The van der Waals surface area contributed by atoms with Crippen LogP contribution < -0.4 is 14.8 Å². The largest absolute Gasteiger partial charge is 0.454 e. The van der Waals surface area contributed by atoms with Gasteiger partial charge in [-0.2, -0.15) is 0 Å². The van der Waals surface area contributed by atoms with Gasteiger partial charge in [-0.1, -0.05) is 6.07 Å². The topological polar surface area (TPSA) is 30.5 Å². The van der Waals surface area contributed by atoms with Crippen molar-refractivity contribution < 1.29 is 9.47 Å². The fraction of sp³-hybridized carbons (Fsp3) is 0.200. The summed E-state index contributed by atoms with van der Waals surface area (Å²) in [5.41, 5.74) is 1.21. The number of hydrogen-bond acceptors (Lipinski definition) is 4. The van der Waals surface area contributed by atoms with Gasteiger partial charge in [0.1, 0.15) is 5.37 Å². The minimum Gasteiger partial charge on any atom is -0.454 e. The van der Waals surface area contributed by atoms with Crippen LogP contribution in [0.2, 0.25) is 0 Å². The third kappa shape index (κ3) is 1.23. The zero-order valence-corrected chi connectivity index (χ0v) is 8.21. The molecule has 3 rings (SSSR count). The number of benzene rings is 1. The van der Waals surface area contributed by atoms with Crippen molar-refractivity contribution in [1.29, 1.82) is 0 Å². The van der Waals surface area contributed by atoms with Crippen LogP contribution in [-0.2, 0) is 0 Å². The summed E-state index contributed by atoms with van der Waals surface area (Å²) in [6, 6.07) is 6.05. The third-order valence-corrected chi connectivity index (χ3v) is 3.20. The van der Waals surface area contributed by atoms with Gasteiger partial charge in [-0.25, -0.2) is 0 Å². The SMILES string of the molecule is C1=CSC(c2ccc3c(c2)OCO3)N1. The molecule has 0 saturated heterocycles. The van der Waals surface area contributed by atoms with Crippen molar-refractivity contribution in [1.82, 2.24) is 5.32 Å². The summed E-state index contributed by atoms with van der Waals surface area (Å²) in [5.74, 6) is 1.68. The Balaban J connectivity index is 1.92. The van der Waals surface area contributed by atoms with Crippen molar-refractivity contribution in [3.8, 4) is 11.5 Å². The molecular formula is C10H9NO2S.